The van der Waals surface area contributed by atoms with Crippen LogP contribution < -0.4 is 4.74 Å². The lowest BCUT2D eigenvalue weighted by molar-refractivity contribution is 0.477. The summed E-state index contributed by atoms with van der Waals surface area (Å²) in [7, 11) is 3.48. The van der Waals surface area contributed by atoms with Crippen LogP contribution in [0.25, 0.3) is 10.9 Å². The van der Waals surface area contributed by atoms with Crippen LogP contribution in [0.1, 0.15) is 25.5 Å². The normalized spacial score (nSPS) is 10.9. The minimum Gasteiger partial charge on any atom is -0.489 e. The standard InChI is InChI=1S/C13H14NO/c1-9(2)12-8-13(15-3)10-6-4-5-7-11(10)14-12/h4-9H,3H2,1-2H3. The predicted molar refractivity (Wildman–Crippen MR) is 61.8 cm³/mol. The van der Waals surface area contributed by atoms with Gasteiger partial charge in [0.25, 0.3) is 0 Å². The molecule has 0 bridgehead atoms. The number of rotatable bonds is 2. The van der Waals surface area contributed by atoms with E-state index < -0.39 is 0 Å². The second kappa shape index (κ2) is 3.89. The highest BCUT2D eigenvalue weighted by Crippen LogP contribution is 2.27. The lowest BCUT2D eigenvalue weighted by Crippen LogP contribution is -1.95. The maximum absolute atomic E-state index is 5.13. The monoisotopic (exact) mass is 200 g/mol. The number of aromatic nitrogens is 1. The van der Waals surface area contributed by atoms with Crippen molar-refractivity contribution in [3.05, 3.63) is 43.1 Å². The van der Waals surface area contributed by atoms with Gasteiger partial charge >= 0.3 is 0 Å². The van der Waals surface area contributed by atoms with Gasteiger partial charge in [-0.05, 0) is 18.1 Å². The number of pyridine rings is 1. The van der Waals surface area contributed by atoms with Gasteiger partial charge in [0.1, 0.15) is 12.9 Å². The van der Waals surface area contributed by atoms with Gasteiger partial charge in [-0.15, -0.1) is 0 Å². The lowest BCUT2D eigenvalue weighted by atomic mass is 10.1. The molecule has 0 saturated carbocycles. The first kappa shape index (κ1) is 9.97. The Labute approximate surface area is 89.9 Å². The van der Waals surface area contributed by atoms with Crippen LogP contribution in [0, 0.1) is 7.11 Å². The second-order valence-electron chi connectivity index (χ2n) is 3.86. The Morgan fingerprint density at radius 1 is 1.27 bits per heavy atom. The minimum absolute atomic E-state index is 0.392. The fraction of sp³-hybridized carbons (Fsp3) is 0.231. The van der Waals surface area contributed by atoms with Gasteiger partial charge in [-0.25, -0.2) is 0 Å². The van der Waals surface area contributed by atoms with Crippen LogP contribution in [0.3, 0.4) is 0 Å². The molecule has 1 radical (unpaired) electrons. The molecule has 2 aromatic rings. The highest BCUT2D eigenvalue weighted by atomic mass is 16.5. The molecule has 0 atom stereocenters. The first-order valence-corrected chi connectivity index (χ1v) is 5.04. The van der Waals surface area contributed by atoms with Gasteiger partial charge in [0.05, 0.1) is 5.52 Å². The molecule has 1 aromatic heterocycles. The third-order valence-electron chi connectivity index (χ3n) is 2.45. The van der Waals surface area contributed by atoms with Crippen molar-refractivity contribution >= 4 is 10.9 Å². The Hall–Kier alpha value is -1.57. The number of hydrogen-bond acceptors (Lipinski definition) is 2. The zero-order valence-electron chi connectivity index (χ0n) is 9.03. The molecule has 15 heavy (non-hydrogen) atoms. The zero-order chi connectivity index (χ0) is 10.8. The van der Waals surface area contributed by atoms with Gasteiger partial charge in [-0.1, -0.05) is 26.0 Å². The van der Waals surface area contributed by atoms with E-state index in [1.54, 1.807) is 0 Å². The second-order valence-corrected chi connectivity index (χ2v) is 3.86. The summed E-state index contributed by atoms with van der Waals surface area (Å²) in [6.07, 6.45) is 0. The van der Waals surface area contributed by atoms with Crippen molar-refractivity contribution in [1.29, 1.82) is 0 Å². The highest BCUT2D eigenvalue weighted by Gasteiger charge is 2.07. The van der Waals surface area contributed by atoms with Crippen molar-refractivity contribution in [3.8, 4) is 5.75 Å². The first-order valence-electron chi connectivity index (χ1n) is 5.04. The maximum Gasteiger partial charge on any atom is 0.130 e. The molecular weight excluding hydrogens is 186 g/mol. The van der Waals surface area contributed by atoms with Crippen LogP contribution in [0.5, 0.6) is 5.75 Å². The molecule has 2 heteroatoms. The van der Waals surface area contributed by atoms with E-state index in [1.165, 1.54) is 0 Å². The molecule has 0 unspecified atom stereocenters. The zero-order valence-corrected chi connectivity index (χ0v) is 9.03. The Balaban J connectivity index is 2.71. The molecule has 1 aromatic carbocycles. The summed E-state index contributed by atoms with van der Waals surface area (Å²) in [5, 5.41) is 1.01. The van der Waals surface area contributed by atoms with Gasteiger partial charge in [-0.2, -0.15) is 0 Å². The van der Waals surface area contributed by atoms with Crippen molar-refractivity contribution in [2.45, 2.75) is 19.8 Å². The Morgan fingerprint density at radius 3 is 2.67 bits per heavy atom. The maximum atomic E-state index is 5.13. The SMILES string of the molecule is [CH2]Oc1cc(C(C)C)nc2ccccc12. The molecule has 1 heterocycles. The summed E-state index contributed by atoms with van der Waals surface area (Å²) < 4.78 is 5.13. The Morgan fingerprint density at radius 2 is 2.00 bits per heavy atom. The smallest absolute Gasteiger partial charge is 0.130 e. The van der Waals surface area contributed by atoms with E-state index >= 15 is 0 Å². The molecule has 0 aliphatic rings. The molecule has 0 amide bonds. The van der Waals surface area contributed by atoms with Crippen LogP contribution in [-0.4, -0.2) is 4.98 Å². The van der Waals surface area contributed by atoms with E-state index in [9.17, 15) is 0 Å². The molecule has 77 valence electrons. The molecule has 0 N–H and O–H groups in total. The summed E-state index contributed by atoms with van der Waals surface area (Å²) in [5.74, 6) is 1.19. The number of hydrogen-bond donors (Lipinski definition) is 0. The van der Waals surface area contributed by atoms with Crippen LogP contribution in [0.4, 0.5) is 0 Å². The topological polar surface area (TPSA) is 22.1 Å². The number of para-hydroxylation sites is 1. The summed E-state index contributed by atoms with van der Waals surface area (Å²) in [4.78, 5) is 4.58. The largest absolute Gasteiger partial charge is 0.489 e. The molecule has 0 fully saturated rings. The number of nitrogens with zero attached hydrogens (tertiary/aromatic N) is 1. The average Bonchev–Trinajstić information content (AvgIpc) is 2.27. The van der Waals surface area contributed by atoms with Crippen molar-refractivity contribution in [1.82, 2.24) is 4.98 Å². The predicted octanol–water partition coefficient (Wildman–Crippen LogP) is 3.53. The lowest BCUT2D eigenvalue weighted by Gasteiger charge is -2.10. The van der Waals surface area contributed by atoms with E-state index in [0.29, 0.717) is 5.92 Å². The highest BCUT2D eigenvalue weighted by molar-refractivity contribution is 5.85. The van der Waals surface area contributed by atoms with Crippen LogP contribution in [0.15, 0.2) is 30.3 Å². The van der Waals surface area contributed by atoms with Crippen LogP contribution in [-0.2, 0) is 0 Å². The summed E-state index contributed by atoms with van der Waals surface area (Å²) in [6, 6.07) is 9.89. The van der Waals surface area contributed by atoms with Crippen molar-refractivity contribution < 1.29 is 4.74 Å². The number of benzene rings is 1. The fourth-order valence-corrected chi connectivity index (χ4v) is 1.58. The van der Waals surface area contributed by atoms with Gasteiger partial charge < -0.3 is 4.74 Å². The molecule has 2 nitrogen and oxygen atoms in total. The van der Waals surface area contributed by atoms with E-state index in [-0.39, 0.29) is 0 Å². The molecule has 0 aliphatic heterocycles. The summed E-state index contributed by atoms with van der Waals surface area (Å²) in [5.41, 5.74) is 2.00. The van der Waals surface area contributed by atoms with Crippen molar-refractivity contribution in [3.63, 3.8) is 0 Å². The third kappa shape index (κ3) is 1.80. The number of fused-ring (bicyclic) bond motifs is 1. The van der Waals surface area contributed by atoms with E-state index in [2.05, 4.69) is 25.9 Å². The van der Waals surface area contributed by atoms with E-state index in [0.717, 1.165) is 22.3 Å². The minimum atomic E-state index is 0.392. The van der Waals surface area contributed by atoms with Gasteiger partial charge in [0.15, 0.2) is 0 Å². The summed E-state index contributed by atoms with van der Waals surface area (Å²) in [6.45, 7) is 4.23. The van der Waals surface area contributed by atoms with Gasteiger partial charge in [0.2, 0.25) is 0 Å². The first-order chi connectivity index (χ1) is 7.22. The third-order valence-corrected chi connectivity index (χ3v) is 2.45. The van der Waals surface area contributed by atoms with E-state index in [1.807, 2.05) is 30.3 Å². The average molecular weight is 200 g/mol. The Kier molecular flexibility index (Phi) is 2.58. The molecule has 0 saturated heterocycles. The molecule has 2 rings (SSSR count). The van der Waals surface area contributed by atoms with Crippen molar-refractivity contribution in [2.24, 2.45) is 0 Å². The van der Waals surface area contributed by atoms with Crippen LogP contribution in [0.2, 0.25) is 0 Å². The number of ether oxygens (including phenoxy) is 1. The molecule has 0 aliphatic carbocycles. The van der Waals surface area contributed by atoms with Gasteiger partial charge in [-0.3, -0.25) is 4.98 Å². The Bertz CT molecular complexity index is 477. The van der Waals surface area contributed by atoms with Crippen LogP contribution >= 0.6 is 0 Å². The van der Waals surface area contributed by atoms with Gasteiger partial charge in [0, 0.05) is 17.1 Å². The summed E-state index contributed by atoms with van der Waals surface area (Å²) >= 11 is 0. The van der Waals surface area contributed by atoms with E-state index in [4.69, 9.17) is 4.74 Å². The molecular formula is C13H14NO. The quantitative estimate of drug-likeness (QED) is 0.739. The van der Waals surface area contributed by atoms with Crippen molar-refractivity contribution in [2.75, 3.05) is 0 Å². The molecule has 0 spiro atoms. The fourth-order valence-electron chi connectivity index (χ4n) is 1.58.